The summed E-state index contributed by atoms with van der Waals surface area (Å²) in [5, 5.41) is 2.85. The lowest BCUT2D eigenvalue weighted by Crippen LogP contribution is -2.47. The molecule has 1 aliphatic rings. The Morgan fingerprint density at radius 1 is 0.833 bits per heavy atom. The average Bonchev–Trinajstić information content (AvgIpc) is 3.08. The molecule has 0 spiro atoms. The maximum atomic E-state index is 13.8. The fourth-order valence-corrected chi connectivity index (χ4v) is 5.59. The zero-order valence-corrected chi connectivity index (χ0v) is 28.2. The highest BCUT2D eigenvalue weighted by Crippen LogP contribution is 2.35. The predicted octanol–water partition coefficient (Wildman–Crippen LogP) is 8.39. The quantitative estimate of drug-likeness (QED) is 0.0998. The fraction of sp³-hybridized carbons (Fsp3) is 0.325. The lowest BCUT2D eigenvalue weighted by molar-refractivity contribution is -0.134. The standard InChI is InChI=1S/C40H44N2O6/c1-5-6-26-46-39(45)42-25-23-30-14-19-34(47-32-20-15-31(16-21-32)40(2,3)4)27-35(30)37(42)38(44)41-24-22-36(43)48-33-17-12-29(13-18-33)28-10-8-7-9-11-28/h7-21,27,37H,5-6,22-26H2,1-4H3,(H,41,44)/t37-/m0/s1. The molecule has 1 N–H and O–H groups in total. The number of nitrogens with zero attached hydrogens (tertiary/aromatic N) is 1. The third-order valence-corrected chi connectivity index (χ3v) is 8.33. The molecule has 250 valence electrons. The lowest BCUT2D eigenvalue weighted by atomic mass is 9.87. The summed E-state index contributed by atoms with van der Waals surface area (Å²) < 4.78 is 17.2. The van der Waals surface area contributed by atoms with Gasteiger partial charge in [-0.3, -0.25) is 14.5 Å². The molecule has 1 atom stereocenters. The highest BCUT2D eigenvalue weighted by Gasteiger charge is 2.37. The van der Waals surface area contributed by atoms with Crippen molar-refractivity contribution >= 4 is 18.0 Å². The molecule has 0 radical (unpaired) electrons. The Kier molecular flexibility index (Phi) is 11.2. The molecule has 0 unspecified atom stereocenters. The first kappa shape index (κ1) is 34.2. The van der Waals surface area contributed by atoms with Crippen LogP contribution in [0.5, 0.6) is 17.2 Å². The van der Waals surface area contributed by atoms with Crippen LogP contribution in [0, 0.1) is 0 Å². The molecule has 8 heteroatoms. The number of rotatable bonds is 11. The summed E-state index contributed by atoms with van der Waals surface area (Å²) in [6.07, 6.45) is 1.59. The maximum absolute atomic E-state index is 13.8. The third-order valence-electron chi connectivity index (χ3n) is 8.33. The van der Waals surface area contributed by atoms with E-state index < -0.39 is 24.0 Å². The van der Waals surface area contributed by atoms with Gasteiger partial charge in [0.15, 0.2) is 0 Å². The van der Waals surface area contributed by atoms with Gasteiger partial charge in [-0.25, -0.2) is 4.79 Å². The Hall–Kier alpha value is -5.11. The van der Waals surface area contributed by atoms with E-state index in [-0.39, 0.29) is 25.0 Å². The van der Waals surface area contributed by atoms with Crippen molar-refractivity contribution < 1.29 is 28.6 Å². The maximum Gasteiger partial charge on any atom is 0.410 e. The number of esters is 1. The monoisotopic (exact) mass is 648 g/mol. The van der Waals surface area contributed by atoms with E-state index in [1.54, 1.807) is 12.1 Å². The number of hydrogen-bond acceptors (Lipinski definition) is 6. The van der Waals surface area contributed by atoms with E-state index in [9.17, 15) is 14.4 Å². The molecule has 48 heavy (non-hydrogen) atoms. The fourth-order valence-electron chi connectivity index (χ4n) is 5.59. The molecular weight excluding hydrogens is 604 g/mol. The average molecular weight is 649 g/mol. The summed E-state index contributed by atoms with van der Waals surface area (Å²) in [6.45, 7) is 9.13. The van der Waals surface area contributed by atoms with Crippen molar-refractivity contribution in [2.24, 2.45) is 0 Å². The summed E-state index contributed by atoms with van der Waals surface area (Å²) in [5.74, 6) is 0.765. The largest absolute Gasteiger partial charge is 0.457 e. The van der Waals surface area contributed by atoms with Crippen LogP contribution in [0.25, 0.3) is 11.1 Å². The second-order valence-electron chi connectivity index (χ2n) is 13.0. The number of carbonyl (C=O) groups excluding carboxylic acids is 3. The molecule has 0 saturated carbocycles. The summed E-state index contributed by atoms with van der Waals surface area (Å²) in [4.78, 5) is 41.1. The smallest absolute Gasteiger partial charge is 0.410 e. The number of fused-ring (bicyclic) bond motifs is 1. The van der Waals surface area contributed by atoms with Gasteiger partial charge in [-0.15, -0.1) is 0 Å². The first-order valence-electron chi connectivity index (χ1n) is 16.6. The first-order valence-corrected chi connectivity index (χ1v) is 16.6. The Bertz CT molecular complexity index is 1690. The summed E-state index contributed by atoms with van der Waals surface area (Å²) in [5.41, 5.74) is 4.90. The van der Waals surface area contributed by atoms with Gasteiger partial charge < -0.3 is 19.5 Å². The van der Waals surface area contributed by atoms with E-state index in [0.717, 1.165) is 29.5 Å². The van der Waals surface area contributed by atoms with Crippen LogP contribution in [-0.2, 0) is 26.2 Å². The van der Waals surface area contributed by atoms with Gasteiger partial charge in [0, 0.05) is 13.1 Å². The molecule has 1 heterocycles. The van der Waals surface area contributed by atoms with Crippen LogP contribution in [0.3, 0.4) is 0 Å². The Balaban J connectivity index is 1.26. The van der Waals surface area contributed by atoms with Gasteiger partial charge >= 0.3 is 12.1 Å². The van der Waals surface area contributed by atoms with E-state index in [1.165, 1.54) is 10.5 Å². The Labute approximate surface area is 283 Å². The van der Waals surface area contributed by atoms with E-state index in [4.69, 9.17) is 14.2 Å². The van der Waals surface area contributed by atoms with Crippen LogP contribution in [0.1, 0.15) is 69.7 Å². The molecule has 0 saturated heterocycles. The molecule has 0 fully saturated rings. The van der Waals surface area contributed by atoms with Crippen LogP contribution in [0.15, 0.2) is 97.1 Å². The van der Waals surface area contributed by atoms with Crippen molar-refractivity contribution in [2.45, 2.75) is 64.8 Å². The predicted molar refractivity (Wildman–Crippen MR) is 186 cm³/mol. The molecule has 1 aliphatic heterocycles. The van der Waals surface area contributed by atoms with Crippen LogP contribution < -0.4 is 14.8 Å². The van der Waals surface area contributed by atoms with Crippen molar-refractivity contribution in [3.05, 3.63) is 114 Å². The topological polar surface area (TPSA) is 94.2 Å². The van der Waals surface area contributed by atoms with E-state index >= 15 is 0 Å². The first-order chi connectivity index (χ1) is 23.1. The Morgan fingerprint density at radius 2 is 1.50 bits per heavy atom. The van der Waals surface area contributed by atoms with Crippen LogP contribution >= 0.6 is 0 Å². The molecule has 4 aromatic carbocycles. The number of unbranched alkanes of at least 4 members (excludes halogenated alkanes) is 1. The summed E-state index contributed by atoms with van der Waals surface area (Å²) in [7, 11) is 0. The number of benzene rings is 4. The van der Waals surface area contributed by atoms with Gasteiger partial charge in [-0.2, -0.15) is 0 Å². The molecular formula is C40H44N2O6. The van der Waals surface area contributed by atoms with Crippen LogP contribution in [0.2, 0.25) is 0 Å². The minimum atomic E-state index is -0.948. The number of carbonyl (C=O) groups is 3. The van der Waals surface area contributed by atoms with Crippen molar-refractivity contribution in [3.63, 3.8) is 0 Å². The van der Waals surface area contributed by atoms with E-state index in [1.807, 2.05) is 91.9 Å². The van der Waals surface area contributed by atoms with E-state index in [0.29, 0.717) is 35.8 Å². The van der Waals surface area contributed by atoms with Crippen molar-refractivity contribution in [3.8, 4) is 28.4 Å². The molecule has 0 bridgehead atoms. The van der Waals surface area contributed by atoms with Gasteiger partial charge in [0.05, 0.1) is 13.0 Å². The SMILES string of the molecule is CCCCOC(=O)N1CCc2ccc(Oc3ccc(C(C)(C)C)cc3)cc2[C@H]1C(=O)NCCC(=O)Oc1ccc(-c2ccccc2)cc1. The molecule has 2 amide bonds. The van der Waals surface area contributed by atoms with Gasteiger partial charge in [0.25, 0.3) is 0 Å². The van der Waals surface area contributed by atoms with Crippen molar-refractivity contribution in [1.82, 2.24) is 10.2 Å². The number of nitrogens with one attached hydrogen (secondary N) is 1. The number of ether oxygens (including phenoxy) is 3. The van der Waals surface area contributed by atoms with Crippen LogP contribution in [-0.4, -0.2) is 42.6 Å². The molecule has 4 aromatic rings. The van der Waals surface area contributed by atoms with E-state index in [2.05, 4.69) is 26.1 Å². The minimum Gasteiger partial charge on any atom is -0.457 e. The van der Waals surface area contributed by atoms with Gasteiger partial charge in [-0.1, -0.05) is 94.8 Å². The number of amides is 2. The normalized spacial score (nSPS) is 14.1. The zero-order valence-electron chi connectivity index (χ0n) is 28.2. The summed E-state index contributed by atoms with van der Waals surface area (Å²) in [6, 6.07) is 29.8. The van der Waals surface area contributed by atoms with Gasteiger partial charge in [0.1, 0.15) is 23.3 Å². The van der Waals surface area contributed by atoms with Gasteiger partial charge in [0.2, 0.25) is 5.91 Å². The van der Waals surface area contributed by atoms with Crippen LogP contribution in [0.4, 0.5) is 4.79 Å². The molecule has 5 rings (SSSR count). The molecule has 8 nitrogen and oxygen atoms in total. The molecule has 0 aliphatic carbocycles. The highest BCUT2D eigenvalue weighted by atomic mass is 16.6. The second kappa shape index (κ2) is 15.7. The van der Waals surface area contributed by atoms with Gasteiger partial charge in [-0.05, 0) is 82.5 Å². The third kappa shape index (κ3) is 8.82. The zero-order chi connectivity index (χ0) is 34.1. The Morgan fingerprint density at radius 3 is 2.19 bits per heavy atom. The highest BCUT2D eigenvalue weighted by molar-refractivity contribution is 5.88. The number of hydrogen-bond donors (Lipinski definition) is 1. The summed E-state index contributed by atoms with van der Waals surface area (Å²) >= 11 is 0. The lowest BCUT2D eigenvalue weighted by Gasteiger charge is -2.35. The van der Waals surface area contributed by atoms with Crippen molar-refractivity contribution in [1.29, 1.82) is 0 Å². The second-order valence-corrected chi connectivity index (χ2v) is 13.0. The molecule has 0 aromatic heterocycles. The minimum absolute atomic E-state index is 0.0189. The van der Waals surface area contributed by atoms with Crippen molar-refractivity contribution in [2.75, 3.05) is 19.7 Å².